The van der Waals surface area contributed by atoms with Gasteiger partial charge in [-0.05, 0) is 18.2 Å². The Morgan fingerprint density at radius 2 is 1.84 bits per heavy atom. The van der Waals surface area contributed by atoms with Crippen LogP contribution in [-0.2, 0) is 4.79 Å². The molecule has 0 aromatic heterocycles. The summed E-state index contributed by atoms with van der Waals surface area (Å²) in [5.41, 5.74) is -0.627. The van der Waals surface area contributed by atoms with Crippen LogP contribution in [0.3, 0.4) is 0 Å². The molecule has 6 nitrogen and oxygen atoms in total. The largest absolute Gasteiger partial charge is 0.394 e. The molecule has 1 aromatic rings. The van der Waals surface area contributed by atoms with Gasteiger partial charge in [0.1, 0.15) is 0 Å². The minimum Gasteiger partial charge on any atom is -0.394 e. The fraction of sp³-hybridized carbons (Fsp3) is 0.417. The minimum absolute atomic E-state index is 0.131. The summed E-state index contributed by atoms with van der Waals surface area (Å²) in [4.78, 5) is 11.7. The molecule has 0 aliphatic heterocycles. The Balaban J connectivity index is 2.52. The fourth-order valence-electron chi connectivity index (χ4n) is 1.36. The topological polar surface area (TPSA) is 102 Å². The van der Waals surface area contributed by atoms with Crippen molar-refractivity contribution < 1.29 is 20.1 Å². The molecule has 0 radical (unpaired) electrons. The summed E-state index contributed by atoms with van der Waals surface area (Å²) >= 11 is 3.29. The van der Waals surface area contributed by atoms with Gasteiger partial charge in [-0.2, -0.15) is 0 Å². The lowest BCUT2D eigenvalue weighted by Gasteiger charge is -2.28. The zero-order valence-corrected chi connectivity index (χ0v) is 11.9. The minimum atomic E-state index is -1.26. The number of benzene rings is 1. The van der Waals surface area contributed by atoms with E-state index in [1.165, 1.54) is 0 Å². The van der Waals surface area contributed by atoms with E-state index in [0.717, 1.165) is 4.47 Å². The van der Waals surface area contributed by atoms with Crippen molar-refractivity contribution >= 4 is 27.5 Å². The normalized spacial score (nSPS) is 11.4. The molecule has 1 rings (SSSR count). The van der Waals surface area contributed by atoms with Crippen LogP contribution in [0, 0.1) is 0 Å². The molecule has 0 saturated heterocycles. The SMILES string of the molecule is O=C(CNC(CO)(CO)CO)Nc1cccc(Br)c1. The zero-order valence-electron chi connectivity index (χ0n) is 10.3. The third-order valence-electron chi connectivity index (χ3n) is 2.64. The fourth-order valence-corrected chi connectivity index (χ4v) is 1.76. The molecule has 1 aromatic carbocycles. The van der Waals surface area contributed by atoms with Gasteiger partial charge < -0.3 is 20.6 Å². The van der Waals surface area contributed by atoms with Crippen molar-refractivity contribution in [1.29, 1.82) is 0 Å². The number of hydrogen-bond acceptors (Lipinski definition) is 5. The number of aliphatic hydroxyl groups is 3. The molecule has 0 atom stereocenters. The predicted molar refractivity (Wildman–Crippen MR) is 74.8 cm³/mol. The van der Waals surface area contributed by atoms with Crippen LogP contribution >= 0.6 is 15.9 Å². The molecule has 19 heavy (non-hydrogen) atoms. The van der Waals surface area contributed by atoms with Crippen LogP contribution in [0.1, 0.15) is 0 Å². The first-order chi connectivity index (χ1) is 9.05. The molecule has 5 N–H and O–H groups in total. The van der Waals surface area contributed by atoms with Gasteiger partial charge in [-0.1, -0.05) is 22.0 Å². The van der Waals surface area contributed by atoms with E-state index in [1.54, 1.807) is 18.2 Å². The van der Waals surface area contributed by atoms with Crippen molar-refractivity contribution in [3.8, 4) is 0 Å². The van der Waals surface area contributed by atoms with E-state index in [2.05, 4.69) is 26.6 Å². The van der Waals surface area contributed by atoms with Crippen molar-refractivity contribution in [1.82, 2.24) is 5.32 Å². The lowest BCUT2D eigenvalue weighted by Crippen LogP contribution is -2.56. The van der Waals surface area contributed by atoms with Crippen LogP contribution in [0.25, 0.3) is 0 Å². The highest BCUT2D eigenvalue weighted by atomic mass is 79.9. The second-order valence-corrected chi connectivity index (χ2v) is 5.08. The highest BCUT2D eigenvalue weighted by Gasteiger charge is 2.27. The molecule has 0 saturated carbocycles. The van der Waals surface area contributed by atoms with Gasteiger partial charge in [-0.25, -0.2) is 0 Å². The average molecular weight is 333 g/mol. The van der Waals surface area contributed by atoms with Gasteiger partial charge in [0.2, 0.25) is 5.91 Å². The van der Waals surface area contributed by atoms with Crippen LogP contribution in [0.4, 0.5) is 5.69 Å². The Morgan fingerprint density at radius 1 is 1.21 bits per heavy atom. The van der Waals surface area contributed by atoms with Gasteiger partial charge >= 0.3 is 0 Å². The van der Waals surface area contributed by atoms with Crippen LogP contribution in [0.15, 0.2) is 28.7 Å². The molecule has 0 unspecified atom stereocenters. The highest BCUT2D eigenvalue weighted by molar-refractivity contribution is 9.10. The zero-order chi connectivity index (χ0) is 14.3. The van der Waals surface area contributed by atoms with E-state index in [0.29, 0.717) is 5.69 Å². The first-order valence-corrected chi connectivity index (χ1v) is 6.47. The maximum Gasteiger partial charge on any atom is 0.238 e. The number of halogens is 1. The molecule has 0 heterocycles. The lowest BCUT2D eigenvalue weighted by molar-refractivity contribution is -0.116. The number of amides is 1. The van der Waals surface area contributed by atoms with Crippen LogP contribution in [0.5, 0.6) is 0 Å². The van der Waals surface area contributed by atoms with Gasteiger partial charge in [0.05, 0.1) is 31.9 Å². The molecule has 0 aliphatic rings. The average Bonchev–Trinajstić information content (AvgIpc) is 2.41. The van der Waals surface area contributed by atoms with Crippen molar-refractivity contribution in [2.24, 2.45) is 0 Å². The Morgan fingerprint density at radius 3 is 2.37 bits per heavy atom. The number of nitrogens with one attached hydrogen (secondary N) is 2. The Bertz CT molecular complexity index is 416. The monoisotopic (exact) mass is 332 g/mol. The summed E-state index contributed by atoms with van der Waals surface area (Å²) in [7, 11) is 0. The van der Waals surface area contributed by atoms with E-state index >= 15 is 0 Å². The van der Waals surface area contributed by atoms with Crippen molar-refractivity contribution in [2.75, 3.05) is 31.7 Å². The van der Waals surface area contributed by atoms with Crippen molar-refractivity contribution in [2.45, 2.75) is 5.54 Å². The number of carbonyl (C=O) groups is 1. The molecule has 0 spiro atoms. The van der Waals surface area contributed by atoms with Gasteiger partial charge in [0, 0.05) is 10.2 Å². The maximum absolute atomic E-state index is 11.7. The summed E-state index contributed by atoms with van der Waals surface area (Å²) in [6.45, 7) is -1.54. The Kier molecular flexibility index (Phi) is 6.40. The lowest BCUT2D eigenvalue weighted by atomic mass is 10.0. The molecule has 106 valence electrons. The molecule has 0 aliphatic carbocycles. The highest BCUT2D eigenvalue weighted by Crippen LogP contribution is 2.15. The van der Waals surface area contributed by atoms with Crippen LogP contribution < -0.4 is 10.6 Å². The second kappa shape index (κ2) is 7.56. The predicted octanol–water partition coefficient (Wildman–Crippen LogP) is -0.307. The molecular weight excluding hydrogens is 316 g/mol. The summed E-state index contributed by atoms with van der Waals surface area (Å²) in [5, 5.41) is 32.6. The van der Waals surface area contributed by atoms with Crippen LogP contribution in [0.2, 0.25) is 0 Å². The standard InChI is InChI=1S/C12H17BrN2O4/c13-9-2-1-3-10(4-9)15-11(19)5-14-12(6-16,7-17)8-18/h1-4,14,16-18H,5-8H2,(H,15,19). The second-order valence-electron chi connectivity index (χ2n) is 4.17. The summed E-state index contributed by atoms with van der Waals surface area (Å²) in [5.74, 6) is -0.335. The van der Waals surface area contributed by atoms with E-state index in [-0.39, 0.29) is 12.5 Å². The third-order valence-corrected chi connectivity index (χ3v) is 3.13. The molecular formula is C12H17BrN2O4. The van der Waals surface area contributed by atoms with Crippen molar-refractivity contribution in [3.05, 3.63) is 28.7 Å². The number of carbonyl (C=O) groups excluding carboxylic acids is 1. The van der Waals surface area contributed by atoms with Gasteiger partial charge in [-0.3, -0.25) is 10.1 Å². The summed E-state index contributed by atoms with van der Waals surface area (Å²) in [6.07, 6.45) is 0. The van der Waals surface area contributed by atoms with E-state index in [9.17, 15) is 4.79 Å². The summed E-state index contributed by atoms with van der Waals surface area (Å²) in [6, 6.07) is 7.10. The molecule has 1 amide bonds. The number of hydrogen-bond donors (Lipinski definition) is 5. The number of rotatable bonds is 7. The first-order valence-electron chi connectivity index (χ1n) is 5.68. The van der Waals surface area contributed by atoms with Crippen LogP contribution in [-0.4, -0.2) is 53.1 Å². The molecule has 7 heteroatoms. The summed E-state index contributed by atoms with van der Waals surface area (Å²) < 4.78 is 0.841. The van der Waals surface area contributed by atoms with E-state index < -0.39 is 25.4 Å². The van der Waals surface area contributed by atoms with Gasteiger partial charge in [0.15, 0.2) is 0 Å². The van der Waals surface area contributed by atoms with Gasteiger partial charge in [-0.15, -0.1) is 0 Å². The van der Waals surface area contributed by atoms with Gasteiger partial charge in [0.25, 0.3) is 0 Å². The molecule has 0 fully saturated rings. The van der Waals surface area contributed by atoms with Crippen molar-refractivity contribution in [3.63, 3.8) is 0 Å². The number of aliphatic hydroxyl groups excluding tert-OH is 3. The first kappa shape index (κ1) is 16.1. The maximum atomic E-state index is 11.7. The third kappa shape index (κ3) is 4.88. The quantitative estimate of drug-likeness (QED) is 0.471. The number of anilines is 1. The Hall–Kier alpha value is -0.990. The molecule has 0 bridgehead atoms. The van der Waals surface area contributed by atoms with E-state index in [1.807, 2.05) is 6.07 Å². The Labute approximate surface area is 119 Å². The smallest absolute Gasteiger partial charge is 0.238 e. The van der Waals surface area contributed by atoms with E-state index in [4.69, 9.17) is 15.3 Å².